The quantitative estimate of drug-likeness (QED) is 0.650. The van der Waals surface area contributed by atoms with Crippen LogP contribution in [0, 0.1) is 5.92 Å². The van der Waals surface area contributed by atoms with Gasteiger partial charge in [-0.25, -0.2) is 0 Å². The topological polar surface area (TPSA) is 55.1 Å². The number of hydrogen-bond donors (Lipinski definition) is 2. The summed E-state index contributed by atoms with van der Waals surface area (Å²) < 4.78 is 0. The lowest BCUT2D eigenvalue weighted by atomic mass is 10.2. The summed E-state index contributed by atoms with van der Waals surface area (Å²) in [5, 5.41) is 2.93. The molecule has 0 aromatic heterocycles. The summed E-state index contributed by atoms with van der Waals surface area (Å²) in [5.41, 5.74) is 5.57. The minimum Gasteiger partial charge on any atom is -0.352 e. The molecule has 3 nitrogen and oxygen atoms in total. The lowest BCUT2D eigenvalue weighted by Gasteiger charge is -2.15. The Morgan fingerprint density at radius 3 is 2.67 bits per heavy atom. The first-order chi connectivity index (χ1) is 5.65. The van der Waals surface area contributed by atoms with Crippen molar-refractivity contribution in [1.29, 1.82) is 0 Å². The number of carbonyl (C=O) groups is 1. The zero-order valence-electron chi connectivity index (χ0n) is 7.84. The molecule has 1 saturated carbocycles. The van der Waals surface area contributed by atoms with Gasteiger partial charge in [-0.15, -0.1) is 0 Å². The molecule has 0 radical (unpaired) electrons. The van der Waals surface area contributed by atoms with Gasteiger partial charge < -0.3 is 11.1 Å². The fraction of sp³-hybridized carbons (Fsp3) is 0.889. The maximum Gasteiger partial charge on any atom is 0.237 e. The maximum absolute atomic E-state index is 11.3. The summed E-state index contributed by atoms with van der Waals surface area (Å²) in [6.45, 7) is 3.98. The van der Waals surface area contributed by atoms with Gasteiger partial charge in [0.2, 0.25) is 5.91 Å². The van der Waals surface area contributed by atoms with Gasteiger partial charge in [0.1, 0.15) is 0 Å². The lowest BCUT2D eigenvalue weighted by molar-refractivity contribution is -0.123. The van der Waals surface area contributed by atoms with Crippen LogP contribution in [0.3, 0.4) is 0 Å². The number of carbonyl (C=O) groups excluding carboxylic acids is 1. The molecule has 3 N–H and O–H groups in total. The van der Waals surface area contributed by atoms with E-state index in [1.165, 1.54) is 12.8 Å². The number of nitrogens with one attached hydrogen (secondary N) is 1. The van der Waals surface area contributed by atoms with E-state index in [9.17, 15) is 4.79 Å². The van der Waals surface area contributed by atoms with Crippen LogP contribution in [0.2, 0.25) is 0 Å². The van der Waals surface area contributed by atoms with E-state index in [0.29, 0.717) is 18.4 Å². The molecule has 1 rings (SSSR count). The minimum atomic E-state index is -0.328. The third kappa shape index (κ3) is 2.48. The van der Waals surface area contributed by atoms with Crippen molar-refractivity contribution < 1.29 is 4.79 Å². The summed E-state index contributed by atoms with van der Waals surface area (Å²) >= 11 is 0. The molecule has 1 amide bonds. The predicted octanol–water partition coefficient (Wildman–Crippen LogP) is 0.638. The van der Waals surface area contributed by atoms with Crippen LogP contribution in [0.1, 0.15) is 33.1 Å². The summed E-state index contributed by atoms with van der Waals surface area (Å²) in [7, 11) is 0. The largest absolute Gasteiger partial charge is 0.352 e. The zero-order valence-corrected chi connectivity index (χ0v) is 7.84. The fourth-order valence-electron chi connectivity index (χ4n) is 1.23. The van der Waals surface area contributed by atoms with E-state index in [0.717, 1.165) is 0 Å². The van der Waals surface area contributed by atoms with Gasteiger partial charge in [0.15, 0.2) is 0 Å². The number of amides is 1. The van der Waals surface area contributed by atoms with E-state index >= 15 is 0 Å². The molecule has 1 fully saturated rings. The molecule has 12 heavy (non-hydrogen) atoms. The van der Waals surface area contributed by atoms with Crippen molar-refractivity contribution in [3.05, 3.63) is 0 Å². The fourth-order valence-corrected chi connectivity index (χ4v) is 1.23. The highest BCUT2D eigenvalue weighted by Gasteiger charge is 2.29. The van der Waals surface area contributed by atoms with E-state index in [1.54, 1.807) is 0 Å². The second kappa shape index (κ2) is 3.90. The monoisotopic (exact) mass is 170 g/mol. The van der Waals surface area contributed by atoms with Gasteiger partial charge in [0.05, 0.1) is 6.04 Å². The van der Waals surface area contributed by atoms with Gasteiger partial charge in [-0.05, 0) is 32.1 Å². The summed E-state index contributed by atoms with van der Waals surface area (Å²) in [5.74, 6) is 0.704. The molecule has 3 heteroatoms. The first-order valence-corrected chi connectivity index (χ1v) is 4.71. The van der Waals surface area contributed by atoms with Crippen molar-refractivity contribution in [2.75, 3.05) is 0 Å². The minimum absolute atomic E-state index is 0.00287. The Bertz CT molecular complexity index is 166. The molecule has 0 saturated heterocycles. The average Bonchev–Trinajstić information content (AvgIpc) is 2.84. The molecule has 70 valence electrons. The molecule has 1 unspecified atom stereocenters. The molecular formula is C9H18N2O. The first-order valence-electron chi connectivity index (χ1n) is 4.71. The normalized spacial score (nSPS) is 21.6. The van der Waals surface area contributed by atoms with Crippen LogP contribution in [-0.2, 0) is 4.79 Å². The van der Waals surface area contributed by atoms with E-state index < -0.39 is 0 Å². The van der Waals surface area contributed by atoms with Crippen molar-refractivity contribution in [1.82, 2.24) is 5.32 Å². The van der Waals surface area contributed by atoms with Crippen LogP contribution in [-0.4, -0.2) is 18.0 Å². The SMILES string of the molecule is CC[C@@H](N)C(=O)NC(C)C1CC1. The van der Waals surface area contributed by atoms with Gasteiger partial charge in [0, 0.05) is 6.04 Å². The van der Waals surface area contributed by atoms with Gasteiger partial charge in [-0.2, -0.15) is 0 Å². The standard InChI is InChI=1S/C9H18N2O/c1-3-8(10)9(12)11-6(2)7-4-5-7/h6-8H,3-5,10H2,1-2H3,(H,11,12)/t6?,8-/m1/s1. The highest BCUT2D eigenvalue weighted by Crippen LogP contribution is 2.32. The predicted molar refractivity (Wildman–Crippen MR) is 48.6 cm³/mol. The highest BCUT2D eigenvalue weighted by molar-refractivity contribution is 5.81. The van der Waals surface area contributed by atoms with Crippen LogP contribution in [0.5, 0.6) is 0 Å². The molecule has 0 spiro atoms. The summed E-state index contributed by atoms with van der Waals surface area (Å²) in [4.78, 5) is 11.3. The molecule has 2 atom stereocenters. The van der Waals surface area contributed by atoms with E-state index in [2.05, 4.69) is 12.2 Å². The van der Waals surface area contributed by atoms with Gasteiger partial charge in [-0.1, -0.05) is 6.92 Å². The molecule has 1 aliphatic rings. The Morgan fingerprint density at radius 1 is 1.67 bits per heavy atom. The molecule has 0 aromatic carbocycles. The smallest absolute Gasteiger partial charge is 0.237 e. The molecular weight excluding hydrogens is 152 g/mol. The van der Waals surface area contributed by atoms with Gasteiger partial charge >= 0.3 is 0 Å². The number of rotatable bonds is 4. The van der Waals surface area contributed by atoms with E-state index in [-0.39, 0.29) is 11.9 Å². The second-order valence-electron chi connectivity index (χ2n) is 3.65. The van der Waals surface area contributed by atoms with Crippen LogP contribution >= 0.6 is 0 Å². The zero-order chi connectivity index (χ0) is 9.14. The van der Waals surface area contributed by atoms with Crippen molar-refractivity contribution in [2.24, 2.45) is 11.7 Å². The Balaban J connectivity index is 2.24. The highest BCUT2D eigenvalue weighted by atomic mass is 16.2. The first kappa shape index (κ1) is 9.52. The Hall–Kier alpha value is -0.570. The third-order valence-electron chi connectivity index (χ3n) is 2.48. The molecule has 0 aliphatic heterocycles. The molecule has 0 bridgehead atoms. The van der Waals surface area contributed by atoms with Gasteiger partial charge in [0.25, 0.3) is 0 Å². The summed E-state index contributed by atoms with van der Waals surface area (Å²) in [6.07, 6.45) is 3.22. The van der Waals surface area contributed by atoms with Gasteiger partial charge in [-0.3, -0.25) is 4.79 Å². The molecule has 0 heterocycles. The van der Waals surface area contributed by atoms with Crippen LogP contribution < -0.4 is 11.1 Å². The van der Waals surface area contributed by atoms with Crippen LogP contribution in [0.4, 0.5) is 0 Å². The number of nitrogens with two attached hydrogens (primary N) is 1. The lowest BCUT2D eigenvalue weighted by Crippen LogP contribution is -2.44. The Kier molecular flexibility index (Phi) is 3.09. The van der Waals surface area contributed by atoms with Crippen molar-refractivity contribution in [3.8, 4) is 0 Å². The van der Waals surface area contributed by atoms with Crippen LogP contribution in [0.15, 0.2) is 0 Å². The van der Waals surface area contributed by atoms with E-state index in [1.807, 2.05) is 6.92 Å². The second-order valence-corrected chi connectivity index (χ2v) is 3.65. The maximum atomic E-state index is 11.3. The molecule has 1 aliphatic carbocycles. The van der Waals surface area contributed by atoms with E-state index in [4.69, 9.17) is 5.73 Å². The summed E-state index contributed by atoms with van der Waals surface area (Å²) in [6, 6.07) is -0.0127. The van der Waals surface area contributed by atoms with Crippen molar-refractivity contribution >= 4 is 5.91 Å². The third-order valence-corrected chi connectivity index (χ3v) is 2.48. The van der Waals surface area contributed by atoms with Crippen molar-refractivity contribution in [2.45, 2.75) is 45.2 Å². The average molecular weight is 170 g/mol. The van der Waals surface area contributed by atoms with Crippen LogP contribution in [0.25, 0.3) is 0 Å². The Morgan fingerprint density at radius 2 is 2.25 bits per heavy atom. The molecule has 0 aromatic rings. The van der Waals surface area contributed by atoms with Crippen molar-refractivity contribution in [3.63, 3.8) is 0 Å². The Labute approximate surface area is 73.7 Å². The number of hydrogen-bond acceptors (Lipinski definition) is 2.